The van der Waals surface area contributed by atoms with Crippen LogP contribution in [0.1, 0.15) is 17.7 Å². The van der Waals surface area contributed by atoms with Crippen molar-refractivity contribution in [3.8, 4) is 0 Å². The zero-order chi connectivity index (χ0) is 9.26. The Kier molecular flexibility index (Phi) is 2.02. The quantitative estimate of drug-likeness (QED) is 0.583. The van der Waals surface area contributed by atoms with Crippen LogP contribution in [0.25, 0.3) is 0 Å². The summed E-state index contributed by atoms with van der Waals surface area (Å²) in [6, 6.07) is -0.520. The molecule has 1 aromatic heterocycles. The van der Waals surface area contributed by atoms with Crippen LogP contribution in [-0.4, -0.2) is 22.4 Å². The van der Waals surface area contributed by atoms with Crippen LogP contribution in [0, 0.1) is 0 Å². The molecule has 2 rings (SSSR count). The molecular formula is C8H12N4O. The van der Waals surface area contributed by atoms with E-state index in [1.165, 1.54) is 4.68 Å². The molecule has 1 aromatic rings. The van der Waals surface area contributed by atoms with Crippen molar-refractivity contribution >= 4 is 6.03 Å². The molecule has 0 fully saturated rings. The molecule has 5 nitrogen and oxygen atoms in total. The van der Waals surface area contributed by atoms with Crippen molar-refractivity contribution in [2.45, 2.75) is 19.4 Å². The van der Waals surface area contributed by atoms with Gasteiger partial charge in [-0.25, -0.2) is 4.79 Å². The molecule has 3 N–H and O–H groups in total. The zero-order valence-corrected chi connectivity index (χ0v) is 7.29. The van der Waals surface area contributed by atoms with Crippen LogP contribution in [-0.2, 0) is 13.0 Å². The van der Waals surface area contributed by atoms with E-state index < -0.39 is 6.03 Å². The molecule has 0 unspecified atom stereocenters. The Hall–Kier alpha value is -1.36. The maximum atomic E-state index is 10.8. The first-order valence-corrected chi connectivity index (χ1v) is 4.35. The molecule has 2 heterocycles. The Balaban J connectivity index is 2.32. The number of aryl methyl sites for hydroxylation is 1. The first-order chi connectivity index (χ1) is 6.27. The summed E-state index contributed by atoms with van der Waals surface area (Å²) >= 11 is 0. The van der Waals surface area contributed by atoms with Gasteiger partial charge >= 0.3 is 6.03 Å². The van der Waals surface area contributed by atoms with E-state index in [0.29, 0.717) is 0 Å². The van der Waals surface area contributed by atoms with Gasteiger partial charge in [0.2, 0.25) is 0 Å². The Labute approximate surface area is 75.9 Å². The third-order valence-electron chi connectivity index (χ3n) is 2.19. The normalized spacial score (nSPS) is 16.3. The van der Waals surface area contributed by atoms with Crippen molar-refractivity contribution in [3.63, 3.8) is 0 Å². The second-order valence-electron chi connectivity index (χ2n) is 3.16. The lowest BCUT2D eigenvalue weighted by Crippen LogP contribution is -2.20. The average Bonchev–Trinajstić information content (AvgIpc) is 2.38. The molecule has 70 valence electrons. The van der Waals surface area contributed by atoms with Gasteiger partial charge in [-0.3, -0.25) is 0 Å². The predicted octanol–water partition coefficient (Wildman–Crippen LogP) is -0.154. The van der Waals surface area contributed by atoms with E-state index in [1.54, 1.807) is 6.20 Å². The molecule has 5 heteroatoms. The molecule has 0 aromatic carbocycles. The van der Waals surface area contributed by atoms with Gasteiger partial charge in [-0.05, 0) is 19.4 Å². The van der Waals surface area contributed by atoms with Gasteiger partial charge in [0, 0.05) is 18.3 Å². The number of primary amides is 1. The predicted molar refractivity (Wildman–Crippen MR) is 47.2 cm³/mol. The number of carbonyl (C=O) groups is 1. The van der Waals surface area contributed by atoms with Crippen LogP contribution in [0.5, 0.6) is 0 Å². The molecule has 0 radical (unpaired) electrons. The van der Waals surface area contributed by atoms with Gasteiger partial charge in [-0.15, -0.1) is 0 Å². The van der Waals surface area contributed by atoms with E-state index in [4.69, 9.17) is 5.73 Å². The number of hydrogen-bond acceptors (Lipinski definition) is 3. The number of fused-ring (bicyclic) bond motifs is 1. The van der Waals surface area contributed by atoms with Gasteiger partial charge in [0.1, 0.15) is 0 Å². The van der Waals surface area contributed by atoms with Crippen molar-refractivity contribution in [2.24, 2.45) is 5.73 Å². The van der Waals surface area contributed by atoms with Crippen molar-refractivity contribution < 1.29 is 4.79 Å². The smallest absolute Gasteiger partial charge is 0.339 e. The zero-order valence-electron chi connectivity index (χ0n) is 7.29. The Morgan fingerprint density at radius 2 is 2.54 bits per heavy atom. The molecule has 0 saturated carbocycles. The van der Waals surface area contributed by atoms with Crippen molar-refractivity contribution in [2.75, 3.05) is 6.54 Å². The number of carbonyl (C=O) groups excluding carboxylic acids is 1. The van der Waals surface area contributed by atoms with E-state index in [9.17, 15) is 4.79 Å². The van der Waals surface area contributed by atoms with E-state index in [1.807, 2.05) is 0 Å². The molecule has 1 aliphatic rings. The number of rotatable bonds is 0. The number of nitrogens with two attached hydrogens (primary N) is 1. The third-order valence-corrected chi connectivity index (χ3v) is 2.19. The molecule has 0 saturated heterocycles. The molecule has 0 aliphatic carbocycles. The van der Waals surface area contributed by atoms with E-state index in [0.717, 1.165) is 37.2 Å². The molecule has 1 amide bonds. The summed E-state index contributed by atoms with van der Waals surface area (Å²) in [5.41, 5.74) is 7.18. The van der Waals surface area contributed by atoms with Gasteiger partial charge in [0.15, 0.2) is 0 Å². The van der Waals surface area contributed by atoms with Crippen LogP contribution in [0.2, 0.25) is 0 Å². The summed E-state index contributed by atoms with van der Waals surface area (Å²) in [7, 11) is 0. The van der Waals surface area contributed by atoms with Crippen molar-refractivity contribution in [3.05, 3.63) is 17.5 Å². The standard InChI is InChI=1S/C8H12N4O/c9-8(13)12-5-6-4-10-3-1-2-7(6)11-12/h5,10H,1-4H2,(H2,9,13). The van der Waals surface area contributed by atoms with Gasteiger partial charge in [-0.1, -0.05) is 0 Å². The second kappa shape index (κ2) is 3.18. The van der Waals surface area contributed by atoms with Crippen LogP contribution in [0.4, 0.5) is 4.79 Å². The minimum Gasteiger partial charge on any atom is -0.350 e. The molecular weight excluding hydrogens is 168 g/mol. The fourth-order valence-electron chi connectivity index (χ4n) is 1.52. The van der Waals surface area contributed by atoms with Crippen LogP contribution < -0.4 is 11.1 Å². The largest absolute Gasteiger partial charge is 0.350 e. The van der Waals surface area contributed by atoms with Crippen LogP contribution >= 0.6 is 0 Å². The molecule has 0 spiro atoms. The maximum absolute atomic E-state index is 10.8. The highest BCUT2D eigenvalue weighted by Crippen LogP contribution is 2.11. The number of hydrogen-bond donors (Lipinski definition) is 2. The van der Waals surface area contributed by atoms with Gasteiger partial charge in [-0.2, -0.15) is 9.78 Å². The Bertz CT molecular complexity index is 307. The minimum atomic E-state index is -0.520. The second-order valence-corrected chi connectivity index (χ2v) is 3.16. The van der Waals surface area contributed by atoms with Gasteiger partial charge < -0.3 is 11.1 Å². The Morgan fingerprint density at radius 3 is 3.31 bits per heavy atom. The average molecular weight is 180 g/mol. The molecule has 0 atom stereocenters. The number of nitrogens with zero attached hydrogens (tertiary/aromatic N) is 2. The Morgan fingerprint density at radius 1 is 1.69 bits per heavy atom. The topological polar surface area (TPSA) is 72.9 Å². The number of nitrogens with one attached hydrogen (secondary N) is 1. The van der Waals surface area contributed by atoms with Crippen LogP contribution in [0.3, 0.4) is 0 Å². The fourth-order valence-corrected chi connectivity index (χ4v) is 1.52. The first kappa shape index (κ1) is 8.25. The summed E-state index contributed by atoms with van der Waals surface area (Å²) in [5, 5.41) is 7.36. The lowest BCUT2D eigenvalue weighted by molar-refractivity contribution is 0.247. The fraction of sp³-hybridized carbons (Fsp3) is 0.500. The summed E-state index contributed by atoms with van der Waals surface area (Å²) < 4.78 is 1.21. The van der Waals surface area contributed by atoms with Crippen molar-refractivity contribution in [1.82, 2.24) is 15.1 Å². The monoisotopic (exact) mass is 180 g/mol. The molecule has 0 bridgehead atoms. The highest BCUT2D eigenvalue weighted by molar-refractivity contribution is 5.73. The summed E-state index contributed by atoms with van der Waals surface area (Å²) in [5.74, 6) is 0. The van der Waals surface area contributed by atoms with Crippen LogP contribution in [0.15, 0.2) is 6.20 Å². The van der Waals surface area contributed by atoms with Crippen molar-refractivity contribution in [1.29, 1.82) is 0 Å². The first-order valence-electron chi connectivity index (χ1n) is 4.35. The molecule has 13 heavy (non-hydrogen) atoms. The van der Waals surface area contributed by atoms with E-state index in [-0.39, 0.29) is 0 Å². The SMILES string of the molecule is NC(=O)n1cc2c(n1)CCCNC2. The summed E-state index contributed by atoms with van der Waals surface area (Å²) in [6.07, 6.45) is 3.68. The number of amides is 1. The summed E-state index contributed by atoms with van der Waals surface area (Å²) in [4.78, 5) is 10.8. The lowest BCUT2D eigenvalue weighted by atomic mass is 10.2. The number of aromatic nitrogens is 2. The van der Waals surface area contributed by atoms with Gasteiger partial charge in [0.25, 0.3) is 0 Å². The maximum Gasteiger partial charge on any atom is 0.339 e. The lowest BCUT2D eigenvalue weighted by Gasteiger charge is -1.95. The highest BCUT2D eigenvalue weighted by Gasteiger charge is 2.13. The van der Waals surface area contributed by atoms with Gasteiger partial charge in [0.05, 0.1) is 5.69 Å². The highest BCUT2D eigenvalue weighted by atomic mass is 16.2. The third kappa shape index (κ3) is 1.55. The summed E-state index contributed by atoms with van der Waals surface area (Å²) in [6.45, 7) is 1.79. The van der Waals surface area contributed by atoms with E-state index >= 15 is 0 Å². The minimum absolute atomic E-state index is 0.520. The molecule has 1 aliphatic heterocycles. The van der Waals surface area contributed by atoms with E-state index in [2.05, 4.69) is 10.4 Å².